The van der Waals surface area contributed by atoms with E-state index in [1.807, 2.05) is 6.07 Å². The van der Waals surface area contributed by atoms with Gasteiger partial charge in [-0.3, -0.25) is 9.59 Å². The third kappa shape index (κ3) is 4.08. The molecule has 3 unspecified atom stereocenters. The van der Waals surface area contributed by atoms with E-state index in [9.17, 15) is 9.59 Å². The molecule has 1 aromatic carbocycles. The maximum atomic E-state index is 12.5. The molecule has 2 N–H and O–H groups in total. The first kappa shape index (κ1) is 18.7. The Kier molecular flexibility index (Phi) is 6.24. The van der Waals surface area contributed by atoms with Crippen molar-refractivity contribution in [2.24, 2.45) is 5.92 Å². The lowest BCUT2D eigenvalue weighted by Crippen LogP contribution is -2.39. The predicted molar refractivity (Wildman–Crippen MR) is 97.6 cm³/mol. The molecule has 0 radical (unpaired) electrons. The summed E-state index contributed by atoms with van der Waals surface area (Å²) < 4.78 is 0. The third-order valence-corrected chi connectivity index (χ3v) is 4.96. The van der Waals surface area contributed by atoms with Gasteiger partial charge in [-0.25, -0.2) is 0 Å². The molecule has 2 amide bonds. The lowest BCUT2D eigenvalue weighted by atomic mass is 9.85. The first-order valence-corrected chi connectivity index (χ1v) is 8.43. The minimum absolute atomic E-state index is 0. The van der Waals surface area contributed by atoms with Crippen molar-refractivity contribution < 1.29 is 9.59 Å². The average Bonchev–Trinajstić information content (AvgIpc) is 2.98. The van der Waals surface area contributed by atoms with E-state index in [1.54, 1.807) is 32.3 Å². The molecule has 6 heteroatoms. The number of anilines is 1. The van der Waals surface area contributed by atoms with Crippen LogP contribution in [0, 0.1) is 5.92 Å². The van der Waals surface area contributed by atoms with Crippen molar-refractivity contribution in [1.82, 2.24) is 10.2 Å². The fraction of sp³-hybridized carbons (Fsp3) is 0.556. The molecular formula is C18H26ClN3O2. The molecule has 2 aliphatic rings. The molecular weight excluding hydrogens is 326 g/mol. The second-order valence-corrected chi connectivity index (χ2v) is 6.88. The molecule has 132 valence electrons. The van der Waals surface area contributed by atoms with E-state index >= 15 is 0 Å². The van der Waals surface area contributed by atoms with Crippen molar-refractivity contribution in [2.45, 2.75) is 44.2 Å². The van der Waals surface area contributed by atoms with Crippen LogP contribution in [0.4, 0.5) is 5.69 Å². The Morgan fingerprint density at radius 2 is 1.96 bits per heavy atom. The fourth-order valence-corrected chi connectivity index (χ4v) is 3.74. The highest BCUT2D eigenvalue weighted by atomic mass is 35.5. The van der Waals surface area contributed by atoms with E-state index in [0.717, 1.165) is 6.42 Å². The third-order valence-electron chi connectivity index (χ3n) is 4.96. The SMILES string of the molecule is CN(C)C(=O)c1cccc(NC(=O)C2CC3CCCCC3N2)c1.Cl. The number of amides is 2. The number of benzene rings is 1. The van der Waals surface area contributed by atoms with Gasteiger partial charge in [0.1, 0.15) is 0 Å². The molecule has 1 aliphatic carbocycles. The van der Waals surface area contributed by atoms with Gasteiger partial charge in [-0.05, 0) is 43.4 Å². The lowest BCUT2D eigenvalue weighted by molar-refractivity contribution is -0.117. The molecule has 24 heavy (non-hydrogen) atoms. The van der Waals surface area contributed by atoms with Crippen LogP contribution >= 0.6 is 12.4 Å². The van der Waals surface area contributed by atoms with Gasteiger partial charge in [-0.1, -0.05) is 18.9 Å². The van der Waals surface area contributed by atoms with Gasteiger partial charge in [0.2, 0.25) is 5.91 Å². The van der Waals surface area contributed by atoms with Gasteiger partial charge in [0.15, 0.2) is 0 Å². The molecule has 1 aromatic rings. The average molecular weight is 352 g/mol. The Morgan fingerprint density at radius 1 is 1.21 bits per heavy atom. The summed E-state index contributed by atoms with van der Waals surface area (Å²) in [6, 6.07) is 7.51. The fourth-order valence-electron chi connectivity index (χ4n) is 3.74. The number of nitrogens with zero attached hydrogens (tertiary/aromatic N) is 1. The number of halogens is 1. The van der Waals surface area contributed by atoms with Gasteiger partial charge in [0.25, 0.3) is 5.91 Å². The summed E-state index contributed by atoms with van der Waals surface area (Å²) in [6.45, 7) is 0. The van der Waals surface area contributed by atoms with Crippen LogP contribution in [0.1, 0.15) is 42.5 Å². The van der Waals surface area contributed by atoms with Gasteiger partial charge in [0.05, 0.1) is 6.04 Å². The molecule has 1 aliphatic heterocycles. The Labute approximate surface area is 149 Å². The number of carbonyl (C=O) groups excluding carboxylic acids is 2. The highest BCUT2D eigenvalue weighted by Gasteiger charge is 2.38. The summed E-state index contributed by atoms with van der Waals surface area (Å²) in [5.74, 6) is 0.584. The van der Waals surface area contributed by atoms with Gasteiger partial charge < -0.3 is 15.5 Å². The minimum atomic E-state index is -0.115. The van der Waals surface area contributed by atoms with Crippen molar-refractivity contribution in [3.63, 3.8) is 0 Å². The number of fused-ring (bicyclic) bond motifs is 1. The lowest BCUT2D eigenvalue weighted by Gasteiger charge is -2.24. The number of hydrogen-bond donors (Lipinski definition) is 2. The topological polar surface area (TPSA) is 61.4 Å². The molecule has 0 aromatic heterocycles. The summed E-state index contributed by atoms with van der Waals surface area (Å²) in [5, 5.41) is 6.44. The first-order valence-electron chi connectivity index (χ1n) is 8.43. The second kappa shape index (κ2) is 7.99. The maximum Gasteiger partial charge on any atom is 0.253 e. The number of carbonyl (C=O) groups is 2. The zero-order chi connectivity index (χ0) is 16.4. The summed E-state index contributed by atoms with van der Waals surface area (Å²) >= 11 is 0. The Balaban J connectivity index is 0.00000208. The largest absolute Gasteiger partial charge is 0.345 e. The van der Waals surface area contributed by atoms with Crippen LogP contribution < -0.4 is 10.6 Å². The van der Waals surface area contributed by atoms with E-state index in [-0.39, 0.29) is 30.3 Å². The van der Waals surface area contributed by atoms with Crippen LogP contribution in [0.15, 0.2) is 24.3 Å². The molecule has 2 fully saturated rings. The van der Waals surface area contributed by atoms with Gasteiger partial charge in [-0.15, -0.1) is 12.4 Å². The van der Waals surface area contributed by atoms with Crippen LogP contribution in [-0.2, 0) is 4.79 Å². The molecule has 0 bridgehead atoms. The van der Waals surface area contributed by atoms with Gasteiger partial charge in [-0.2, -0.15) is 0 Å². The number of hydrogen-bond acceptors (Lipinski definition) is 3. The Hall–Kier alpha value is -1.59. The molecule has 3 rings (SSSR count). The molecule has 1 saturated carbocycles. The Bertz CT molecular complexity index is 592. The quantitative estimate of drug-likeness (QED) is 0.880. The van der Waals surface area contributed by atoms with Crippen LogP contribution in [-0.4, -0.2) is 42.9 Å². The van der Waals surface area contributed by atoms with E-state index in [4.69, 9.17) is 0 Å². The summed E-state index contributed by atoms with van der Waals surface area (Å²) in [4.78, 5) is 26.0. The van der Waals surface area contributed by atoms with Crippen LogP contribution in [0.25, 0.3) is 0 Å². The molecule has 3 atom stereocenters. The van der Waals surface area contributed by atoms with Crippen molar-refractivity contribution in [3.05, 3.63) is 29.8 Å². The highest BCUT2D eigenvalue weighted by molar-refractivity contribution is 5.98. The highest BCUT2D eigenvalue weighted by Crippen LogP contribution is 2.33. The Morgan fingerprint density at radius 3 is 2.67 bits per heavy atom. The predicted octanol–water partition coefficient (Wildman–Crippen LogP) is 2.67. The van der Waals surface area contributed by atoms with Crippen molar-refractivity contribution in [2.75, 3.05) is 19.4 Å². The first-order chi connectivity index (χ1) is 11.0. The maximum absolute atomic E-state index is 12.5. The van der Waals surface area contributed by atoms with E-state index in [1.165, 1.54) is 30.6 Å². The standard InChI is InChI=1S/C18H25N3O2.ClH/c1-21(2)18(23)13-7-5-8-14(10-13)19-17(22)16-11-12-6-3-4-9-15(12)20-16;/h5,7-8,10,12,15-16,20H,3-4,6,9,11H2,1-2H3,(H,19,22);1H. The minimum Gasteiger partial charge on any atom is -0.345 e. The van der Waals surface area contributed by atoms with Crippen LogP contribution in [0.5, 0.6) is 0 Å². The van der Waals surface area contributed by atoms with E-state index in [2.05, 4.69) is 10.6 Å². The summed E-state index contributed by atoms with van der Waals surface area (Å²) in [6.07, 6.45) is 5.88. The normalized spacial score (nSPS) is 25.3. The van der Waals surface area contributed by atoms with E-state index < -0.39 is 0 Å². The number of rotatable bonds is 3. The second-order valence-electron chi connectivity index (χ2n) is 6.88. The van der Waals surface area contributed by atoms with Crippen LogP contribution in [0.2, 0.25) is 0 Å². The van der Waals surface area contributed by atoms with Crippen molar-refractivity contribution >= 4 is 29.9 Å². The number of nitrogens with one attached hydrogen (secondary N) is 2. The smallest absolute Gasteiger partial charge is 0.253 e. The van der Waals surface area contributed by atoms with Gasteiger partial charge in [0, 0.05) is 31.4 Å². The van der Waals surface area contributed by atoms with Crippen molar-refractivity contribution in [3.8, 4) is 0 Å². The zero-order valence-electron chi connectivity index (χ0n) is 14.2. The van der Waals surface area contributed by atoms with Gasteiger partial charge >= 0.3 is 0 Å². The monoisotopic (exact) mass is 351 g/mol. The summed E-state index contributed by atoms with van der Waals surface area (Å²) in [5.41, 5.74) is 1.26. The molecule has 0 spiro atoms. The zero-order valence-corrected chi connectivity index (χ0v) is 15.1. The molecule has 5 nitrogen and oxygen atoms in total. The molecule has 1 saturated heterocycles. The van der Waals surface area contributed by atoms with E-state index in [0.29, 0.717) is 23.2 Å². The van der Waals surface area contributed by atoms with Crippen molar-refractivity contribution in [1.29, 1.82) is 0 Å². The molecule has 1 heterocycles. The summed E-state index contributed by atoms with van der Waals surface area (Å²) in [7, 11) is 3.44. The van der Waals surface area contributed by atoms with Crippen LogP contribution in [0.3, 0.4) is 0 Å².